The standard InChI is InChI=1S/C16H17F4N3O2S2/c1-11-10-26-15(21-11)23-6-2-5-22(7-8-23)13-4-3-12(17)9-14(13)27(24,25)16(18,19)20/h3-4,9-10H,2,5-8H2,1H3. The minimum atomic E-state index is -5.66. The number of nitrogens with zero attached hydrogens (tertiary/aromatic N) is 3. The zero-order chi connectivity index (χ0) is 19.8. The quantitative estimate of drug-likeness (QED) is 0.706. The van der Waals surface area contributed by atoms with Gasteiger partial charge in [0.15, 0.2) is 5.13 Å². The monoisotopic (exact) mass is 423 g/mol. The zero-order valence-corrected chi connectivity index (χ0v) is 16.0. The van der Waals surface area contributed by atoms with Gasteiger partial charge in [0.1, 0.15) is 10.7 Å². The van der Waals surface area contributed by atoms with Crippen LogP contribution in [0.25, 0.3) is 0 Å². The van der Waals surface area contributed by atoms with Crippen LogP contribution in [0.5, 0.6) is 0 Å². The number of aryl methyl sites for hydroxylation is 1. The van der Waals surface area contributed by atoms with Crippen LogP contribution >= 0.6 is 11.3 Å². The van der Waals surface area contributed by atoms with Gasteiger partial charge in [-0.15, -0.1) is 11.3 Å². The lowest BCUT2D eigenvalue weighted by Crippen LogP contribution is -2.32. The first-order chi connectivity index (χ1) is 12.6. The van der Waals surface area contributed by atoms with Crippen molar-refractivity contribution in [3.8, 4) is 0 Å². The Bertz CT molecular complexity index is 928. The lowest BCUT2D eigenvalue weighted by molar-refractivity contribution is -0.0435. The largest absolute Gasteiger partial charge is 0.501 e. The predicted octanol–water partition coefficient (Wildman–Crippen LogP) is 3.60. The predicted molar refractivity (Wildman–Crippen MR) is 95.5 cm³/mol. The average molecular weight is 423 g/mol. The number of sulfone groups is 1. The summed E-state index contributed by atoms with van der Waals surface area (Å²) in [5.41, 5.74) is -4.75. The topological polar surface area (TPSA) is 53.5 Å². The summed E-state index contributed by atoms with van der Waals surface area (Å²) in [5, 5.41) is 2.72. The number of halogens is 4. The maximum Gasteiger partial charge on any atom is 0.501 e. The van der Waals surface area contributed by atoms with Gasteiger partial charge in [0.2, 0.25) is 0 Å². The van der Waals surface area contributed by atoms with Crippen LogP contribution in [0, 0.1) is 12.7 Å². The second-order valence-electron chi connectivity index (χ2n) is 6.16. The van der Waals surface area contributed by atoms with Gasteiger partial charge in [-0.3, -0.25) is 0 Å². The lowest BCUT2D eigenvalue weighted by atomic mass is 10.2. The molecule has 0 atom stereocenters. The zero-order valence-electron chi connectivity index (χ0n) is 14.3. The van der Waals surface area contributed by atoms with Crippen molar-refractivity contribution in [1.29, 1.82) is 0 Å². The van der Waals surface area contributed by atoms with E-state index in [1.165, 1.54) is 11.3 Å². The van der Waals surface area contributed by atoms with Gasteiger partial charge < -0.3 is 9.80 Å². The fourth-order valence-corrected chi connectivity index (χ4v) is 4.77. The molecule has 0 bridgehead atoms. The number of anilines is 2. The first-order valence-corrected chi connectivity index (χ1v) is 10.5. The van der Waals surface area contributed by atoms with Gasteiger partial charge >= 0.3 is 5.51 Å². The van der Waals surface area contributed by atoms with Crippen molar-refractivity contribution in [1.82, 2.24) is 4.98 Å². The Hall–Kier alpha value is -1.88. The summed E-state index contributed by atoms with van der Waals surface area (Å²) in [7, 11) is -5.66. The van der Waals surface area contributed by atoms with E-state index < -0.39 is 26.1 Å². The van der Waals surface area contributed by atoms with Crippen molar-refractivity contribution in [2.75, 3.05) is 36.0 Å². The van der Waals surface area contributed by atoms with E-state index in [2.05, 4.69) is 4.98 Å². The van der Waals surface area contributed by atoms with E-state index in [-0.39, 0.29) is 5.69 Å². The summed E-state index contributed by atoms with van der Waals surface area (Å²) < 4.78 is 76.4. The first-order valence-electron chi connectivity index (χ1n) is 8.12. The van der Waals surface area contributed by atoms with Gasteiger partial charge in [-0.25, -0.2) is 17.8 Å². The molecular formula is C16H17F4N3O2S2. The number of alkyl halides is 3. The van der Waals surface area contributed by atoms with Gasteiger partial charge in [-0.1, -0.05) is 0 Å². The Kier molecular flexibility index (Phi) is 5.35. The third-order valence-electron chi connectivity index (χ3n) is 4.23. The number of aromatic nitrogens is 1. The van der Waals surface area contributed by atoms with Crippen LogP contribution in [-0.4, -0.2) is 45.1 Å². The van der Waals surface area contributed by atoms with E-state index in [9.17, 15) is 26.0 Å². The maximum absolute atomic E-state index is 13.5. The molecule has 0 spiro atoms. The van der Waals surface area contributed by atoms with Gasteiger partial charge in [-0.05, 0) is 31.5 Å². The second-order valence-corrected chi connectivity index (χ2v) is 8.91. The molecule has 1 fully saturated rings. The van der Waals surface area contributed by atoms with E-state index in [0.29, 0.717) is 38.7 Å². The highest BCUT2D eigenvalue weighted by Gasteiger charge is 2.48. The highest BCUT2D eigenvalue weighted by molar-refractivity contribution is 7.92. The number of rotatable bonds is 3. The molecule has 27 heavy (non-hydrogen) atoms. The Morgan fingerprint density at radius 1 is 1.11 bits per heavy atom. The molecule has 1 aliphatic rings. The molecule has 11 heteroatoms. The van der Waals surface area contributed by atoms with Crippen LogP contribution in [0.1, 0.15) is 12.1 Å². The van der Waals surface area contributed by atoms with Crippen LogP contribution in [0.2, 0.25) is 0 Å². The minimum Gasteiger partial charge on any atom is -0.369 e. The van der Waals surface area contributed by atoms with Crippen molar-refractivity contribution in [2.45, 2.75) is 23.7 Å². The van der Waals surface area contributed by atoms with Gasteiger partial charge in [0.25, 0.3) is 9.84 Å². The summed E-state index contributed by atoms with van der Waals surface area (Å²) in [6.45, 7) is 3.64. The van der Waals surface area contributed by atoms with Crippen LogP contribution in [-0.2, 0) is 9.84 Å². The van der Waals surface area contributed by atoms with Crippen LogP contribution in [0.15, 0.2) is 28.5 Å². The molecule has 1 saturated heterocycles. The fraction of sp³-hybridized carbons (Fsp3) is 0.438. The highest BCUT2D eigenvalue weighted by atomic mass is 32.2. The SMILES string of the molecule is Cc1csc(N2CCCN(c3ccc(F)cc3S(=O)(=O)C(F)(F)F)CC2)n1. The molecule has 2 heterocycles. The second kappa shape index (κ2) is 7.27. The van der Waals surface area contributed by atoms with E-state index in [4.69, 9.17) is 0 Å². The Morgan fingerprint density at radius 3 is 2.41 bits per heavy atom. The summed E-state index contributed by atoms with van der Waals surface area (Å²) in [4.78, 5) is 6.93. The molecule has 0 N–H and O–H groups in total. The van der Waals surface area contributed by atoms with E-state index in [1.54, 1.807) is 4.90 Å². The number of hydrogen-bond acceptors (Lipinski definition) is 6. The molecular weight excluding hydrogens is 406 g/mol. The minimum absolute atomic E-state index is 0.133. The molecule has 0 aliphatic carbocycles. The van der Waals surface area contributed by atoms with Crippen LogP contribution in [0.4, 0.5) is 28.4 Å². The maximum atomic E-state index is 13.5. The molecule has 0 radical (unpaired) electrons. The van der Waals surface area contributed by atoms with Gasteiger partial charge in [-0.2, -0.15) is 13.2 Å². The first kappa shape index (κ1) is 19.9. The molecule has 5 nitrogen and oxygen atoms in total. The molecule has 1 aromatic heterocycles. The van der Waals surface area contributed by atoms with Crippen molar-refractivity contribution < 1.29 is 26.0 Å². The van der Waals surface area contributed by atoms with Crippen molar-refractivity contribution in [3.05, 3.63) is 35.1 Å². The average Bonchev–Trinajstić information content (AvgIpc) is 2.87. The normalized spacial score (nSPS) is 16.5. The summed E-state index contributed by atoms with van der Waals surface area (Å²) in [5.74, 6) is -1.03. The number of hydrogen-bond donors (Lipinski definition) is 0. The molecule has 1 aromatic carbocycles. The van der Waals surface area contributed by atoms with Crippen molar-refractivity contribution in [2.24, 2.45) is 0 Å². The Labute approximate surface area is 158 Å². The molecule has 2 aromatic rings. The molecule has 0 unspecified atom stereocenters. The summed E-state index contributed by atoms with van der Waals surface area (Å²) in [6, 6.07) is 2.50. The molecule has 0 amide bonds. The third kappa shape index (κ3) is 4.03. The molecule has 1 aliphatic heterocycles. The lowest BCUT2D eigenvalue weighted by Gasteiger charge is -2.26. The third-order valence-corrected chi connectivity index (χ3v) is 6.76. The van der Waals surface area contributed by atoms with Crippen molar-refractivity contribution >= 4 is 32.0 Å². The summed E-state index contributed by atoms with van der Waals surface area (Å²) in [6.07, 6.45) is 0.599. The van der Waals surface area contributed by atoms with E-state index in [1.807, 2.05) is 17.2 Å². The molecule has 148 valence electrons. The van der Waals surface area contributed by atoms with E-state index >= 15 is 0 Å². The fourth-order valence-electron chi connectivity index (χ4n) is 2.93. The number of benzene rings is 1. The smallest absolute Gasteiger partial charge is 0.369 e. The summed E-state index contributed by atoms with van der Waals surface area (Å²) >= 11 is 1.48. The van der Waals surface area contributed by atoms with E-state index in [0.717, 1.165) is 23.0 Å². The molecule has 0 saturated carbocycles. The molecule has 3 rings (SSSR count). The van der Waals surface area contributed by atoms with Gasteiger partial charge in [0.05, 0.1) is 11.4 Å². The number of thiazole rings is 1. The van der Waals surface area contributed by atoms with Crippen LogP contribution in [0.3, 0.4) is 0 Å². The Balaban J connectivity index is 1.91. The van der Waals surface area contributed by atoms with Crippen molar-refractivity contribution in [3.63, 3.8) is 0 Å². The highest BCUT2D eigenvalue weighted by Crippen LogP contribution is 2.37. The Morgan fingerprint density at radius 2 is 1.78 bits per heavy atom. The van der Waals surface area contributed by atoms with Crippen LogP contribution < -0.4 is 9.80 Å². The van der Waals surface area contributed by atoms with Gasteiger partial charge in [0, 0.05) is 31.6 Å².